The molecule has 0 saturated heterocycles. The number of fused-ring (bicyclic) bond motifs is 3. The molecule has 0 bridgehead atoms. The third-order valence-electron chi connectivity index (χ3n) is 8.37. The molecule has 0 radical (unpaired) electrons. The van der Waals surface area contributed by atoms with Crippen LogP contribution in [0.2, 0.25) is 0 Å². The molecule has 14 heteroatoms. The lowest BCUT2D eigenvalue weighted by Crippen LogP contribution is -2.44. The minimum atomic E-state index is -0.996. The fraction of sp³-hybridized carbons (Fsp3) is 0.300. The molecule has 4 aromatic carbocycles. The van der Waals surface area contributed by atoms with Gasteiger partial charge in [-0.2, -0.15) is 0 Å². The van der Waals surface area contributed by atoms with Gasteiger partial charge in [0.25, 0.3) is 5.69 Å². The number of unbranched alkanes of at least 4 members (excludes halogenated alkanes) is 1. The standard InChI is InChI=1S/C40H42N4O10/c1-40(2,3)54-37(46)41-23-9-8-14-35(43-38(47)51-25-34-32-12-6-4-10-30(32)31-11-5-7-13-33(31)34)36(45)42-27-17-15-26(16-18-27)24-52-39(48)53-29-21-19-28(20-22-29)44(49)50/h4-7,10-13,15-22,34-35H,8-9,14,23-25H2,1-3H3,(H,41,46)(H,42,45)(H,43,47)/t35-/m0/s1. The minimum Gasteiger partial charge on any atom is -0.449 e. The van der Waals surface area contributed by atoms with Gasteiger partial charge in [-0.25, -0.2) is 14.4 Å². The van der Waals surface area contributed by atoms with Gasteiger partial charge in [0.2, 0.25) is 5.91 Å². The summed E-state index contributed by atoms with van der Waals surface area (Å²) in [7, 11) is 0. The van der Waals surface area contributed by atoms with Crippen LogP contribution in [0.25, 0.3) is 11.1 Å². The van der Waals surface area contributed by atoms with Crippen molar-refractivity contribution in [2.24, 2.45) is 0 Å². The van der Waals surface area contributed by atoms with E-state index in [1.165, 1.54) is 24.3 Å². The smallest absolute Gasteiger partial charge is 0.449 e. The molecule has 3 amide bonds. The number of nitro benzene ring substituents is 1. The number of hydrogen-bond acceptors (Lipinski definition) is 10. The molecule has 282 valence electrons. The number of alkyl carbamates (subject to hydrolysis) is 2. The average Bonchev–Trinajstić information content (AvgIpc) is 3.46. The lowest BCUT2D eigenvalue weighted by Gasteiger charge is -2.21. The predicted molar refractivity (Wildman–Crippen MR) is 199 cm³/mol. The Labute approximate surface area is 312 Å². The Morgan fingerprint density at radius 1 is 0.796 bits per heavy atom. The van der Waals surface area contributed by atoms with E-state index >= 15 is 0 Å². The zero-order valence-corrected chi connectivity index (χ0v) is 30.2. The number of nitrogens with zero attached hydrogens (tertiary/aromatic N) is 1. The van der Waals surface area contributed by atoms with Gasteiger partial charge >= 0.3 is 18.3 Å². The van der Waals surface area contributed by atoms with E-state index in [0.717, 1.165) is 22.3 Å². The van der Waals surface area contributed by atoms with E-state index in [1.807, 2.05) is 48.5 Å². The molecule has 1 aliphatic rings. The molecule has 5 rings (SSSR count). The summed E-state index contributed by atoms with van der Waals surface area (Å²) in [6.45, 7) is 5.58. The molecular weight excluding hydrogens is 696 g/mol. The van der Waals surface area contributed by atoms with Crippen molar-refractivity contribution in [2.75, 3.05) is 18.5 Å². The molecule has 1 atom stereocenters. The molecule has 0 aliphatic heterocycles. The fourth-order valence-electron chi connectivity index (χ4n) is 5.85. The molecule has 0 heterocycles. The van der Waals surface area contributed by atoms with Crippen LogP contribution in [-0.2, 0) is 25.6 Å². The fourth-order valence-corrected chi connectivity index (χ4v) is 5.85. The van der Waals surface area contributed by atoms with Gasteiger partial charge in [-0.05, 0) is 92.1 Å². The molecule has 0 unspecified atom stereocenters. The first kappa shape index (κ1) is 38.8. The maximum atomic E-state index is 13.5. The van der Waals surface area contributed by atoms with Crippen molar-refractivity contribution in [1.29, 1.82) is 0 Å². The third-order valence-corrected chi connectivity index (χ3v) is 8.37. The number of rotatable bonds is 14. The first-order valence-electron chi connectivity index (χ1n) is 17.4. The SMILES string of the molecule is CC(C)(C)OC(=O)NCCCC[C@H](NC(=O)OCC1c2ccccc2-c2ccccc21)C(=O)Nc1ccc(COC(=O)Oc2ccc([N+](=O)[O-])cc2)cc1. The number of hydrogen-bond donors (Lipinski definition) is 3. The van der Waals surface area contributed by atoms with E-state index in [-0.39, 0.29) is 37.0 Å². The van der Waals surface area contributed by atoms with Gasteiger partial charge in [0.05, 0.1) is 4.92 Å². The number of anilines is 1. The highest BCUT2D eigenvalue weighted by molar-refractivity contribution is 5.96. The van der Waals surface area contributed by atoms with Gasteiger partial charge in [-0.1, -0.05) is 60.7 Å². The van der Waals surface area contributed by atoms with Crippen LogP contribution in [0.4, 0.5) is 25.8 Å². The number of ether oxygens (including phenoxy) is 4. The van der Waals surface area contributed by atoms with Crippen molar-refractivity contribution in [3.05, 3.63) is 124 Å². The van der Waals surface area contributed by atoms with E-state index in [1.54, 1.807) is 45.0 Å². The molecule has 3 N–H and O–H groups in total. The zero-order valence-electron chi connectivity index (χ0n) is 30.2. The van der Waals surface area contributed by atoms with Gasteiger partial charge in [-0.3, -0.25) is 14.9 Å². The van der Waals surface area contributed by atoms with Crippen LogP contribution in [0.15, 0.2) is 97.1 Å². The van der Waals surface area contributed by atoms with Crippen LogP contribution in [0.5, 0.6) is 5.75 Å². The Hall–Kier alpha value is -6.44. The zero-order chi connectivity index (χ0) is 38.7. The second-order valence-corrected chi connectivity index (χ2v) is 13.5. The van der Waals surface area contributed by atoms with Crippen LogP contribution < -0.4 is 20.7 Å². The topological polar surface area (TPSA) is 184 Å². The number of carbonyl (C=O) groups is 4. The third kappa shape index (κ3) is 11.0. The summed E-state index contributed by atoms with van der Waals surface area (Å²) in [4.78, 5) is 61.1. The second kappa shape index (κ2) is 17.9. The van der Waals surface area contributed by atoms with E-state index in [2.05, 4.69) is 16.0 Å². The Morgan fingerprint density at radius 2 is 1.43 bits per heavy atom. The summed E-state index contributed by atoms with van der Waals surface area (Å²) >= 11 is 0. The number of nitro groups is 1. The Balaban J connectivity index is 1.15. The Bertz CT molecular complexity index is 1910. The number of benzene rings is 4. The van der Waals surface area contributed by atoms with Gasteiger partial charge in [-0.15, -0.1) is 0 Å². The Kier molecular flexibility index (Phi) is 12.8. The predicted octanol–water partition coefficient (Wildman–Crippen LogP) is 7.85. The minimum absolute atomic E-state index is 0.0823. The van der Waals surface area contributed by atoms with Crippen LogP contribution in [0, 0.1) is 10.1 Å². The lowest BCUT2D eigenvalue weighted by molar-refractivity contribution is -0.384. The molecule has 0 fully saturated rings. The van der Waals surface area contributed by atoms with Crippen molar-refractivity contribution in [3.63, 3.8) is 0 Å². The van der Waals surface area contributed by atoms with Crippen LogP contribution >= 0.6 is 0 Å². The van der Waals surface area contributed by atoms with E-state index in [9.17, 15) is 29.3 Å². The molecule has 14 nitrogen and oxygen atoms in total. The van der Waals surface area contributed by atoms with E-state index in [4.69, 9.17) is 18.9 Å². The normalized spacial score (nSPS) is 12.4. The molecule has 0 saturated carbocycles. The van der Waals surface area contributed by atoms with Gasteiger partial charge in [0, 0.05) is 30.3 Å². The van der Waals surface area contributed by atoms with Crippen molar-refractivity contribution < 1.29 is 43.0 Å². The van der Waals surface area contributed by atoms with Gasteiger partial charge < -0.3 is 34.9 Å². The highest BCUT2D eigenvalue weighted by Gasteiger charge is 2.30. The monoisotopic (exact) mass is 738 g/mol. The molecule has 0 spiro atoms. The van der Waals surface area contributed by atoms with E-state index in [0.29, 0.717) is 30.6 Å². The molecular formula is C40H42N4O10. The molecule has 0 aromatic heterocycles. The number of amides is 3. The van der Waals surface area contributed by atoms with Crippen molar-refractivity contribution in [1.82, 2.24) is 10.6 Å². The molecule has 54 heavy (non-hydrogen) atoms. The summed E-state index contributed by atoms with van der Waals surface area (Å²) in [6, 6.07) is 26.5. The lowest BCUT2D eigenvalue weighted by atomic mass is 9.98. The van der Waals surface area contributed by atoms with Crippen LogP contribution in [0.3, 0.4) is 0 Å². The summed E-state index contributed by atoms with van der Waals surface area (Å²) < 4.78 is 21.2. The van der Waals surface area contributed by atoms with Gasteiger partial charge in [0.1, 0.15) is 30.6 Å². The maximum absolute atomic E-state index is 13.5. The Morgan fingerprint density at radius 3 is 2.04 bits per heavy atom. The highest BCUT2D eigenvalue weighted by atomic mass is 16.7. The average molecular weight is 739 g/mol. The molecule has 1 aliphatic carbocycles. The summed E-state index contributed by atoms with van der Waals surface area (Å²) in [6.07, 6.45) is -1.000. The first-order chi connectivity index (χ1) is 25.9. The summed E-state index contributed by atoms with van der Waals surface area (Å²) in [5.74, 6) is -0.537. The number of nitrogens with one attached hydrogen (secondary N) is 3. The van der Waals surface area contributed by atoms with Crippen molar-refractivity contribution in [2.45, 2.75) is 64.2 Å². The largest absolute Gasteiger partial charge is 0.514 e. The van der Waals surface area contributed by atoms with Crippen LogP contribution in [0.1, 0.15) is 62.6 Å². The van der Waals surface area contributed by atoms with Crippen molar-refractivity contribution >= 4 is 35.6 Å². The highest BCUT2D eigenvalue weighted by Crippen LogP contribution is 2.44. The van der Waals surface area contributed by atoms with Crippen LogP contribution in [-0.4, -0.2) is 54.0 Å². The van der Waals surface area contributed by atoms with E-state index < -0.39 is 40.8 Å². The maximum Gasteiger partial charge on any atom is 0.514 e. The number of carbonyl (C=O) groups excluding carboxylic acids is 4. The summed E-state index contributed by atoms with van der Waals surface area (Å²) in [5, 5.41) is 19.0. The molecule has 4 aromatic rings. The summed E-state index contributed by atoms with van der Waals surface area (Å²) in [5.41, 5.74) is 4.58. The van der Waals surface area contributed by atoms with Crippen molar-refractivity contribution in [3.8, 4) is 16.9 Å². The quantitative estimate of drug-likeness (QED) is 0.0287. The second-order valence-electron chi connectivity index (χ2n) is 13.5. The number of non-ortho nitro benzene ring substituents is 1. The van der Waals surface area contributed by atoms with Gasteiger partial charge in [0.15, 0.2) is 0 Å². The first-order valence-corrected chi connectivity index (χ1v) is 17.4.